The molecule has 0 bridgehead atoms. The molecule has 0 aromatic heterocycles. The van der Waals surface area contributed by atoms with Crippen LogP contribution in [0.3, 0.4) is 0 Å². The summed E-state index contributed by atoms with van der Waals surface area (Å²) in [6, 6.07) is 3.85. The summed E-state index contributed by atoms with van der Waals surface area (Å²) in [5.41, 5.74) is -0.708. The van der Waals surface area contributed by atoms with Crippen LogP contribution in [0.4, 0.5) is 17.6 Å². The van der Waals surface area contributed by atoms with E-state index in [1.54, 1.807) is 0 Å². The van der Waals surface area contributed by atoms with Crippen molar-refractivity contribution in [2.45, 2.75) is 38.9 Å². The van der Waals surface area contributed by atoms with Crippen molar-refractivity contribution in [3.05, 3.63) is 52.0 Å². The minimum atomic E-state index is -2.47. The Hall–Kier alpha value is -1.34. The molecule has 0 aliphatic carbocycles. The van der Waals surface area contributed by atoms with E-state index < -0.39 is 42.9 Å². The van der Waals surface area contributed by atoms with Gasteiger partial charge in [-0.15, -0.1) is 0 Å². The lowest BCUT2D eigenvalue weighted by Gasteiger charge is -2.36. The smallest absolute Gasteiger partial charge is 0.250 e. The van der Waals surface area contributed by atoms with Gasteiger partial charge in [-0.05, 0) is 48.0 Å². The van der Waals surface area contributed by atoms with Gasteiger partial charge in [0.2, 0.25) is 0 Å². The molecule has 2 aromatic rings. The van der Waals surface area contributed by atoms with Gasteiger partial charge in [0, 0.05) is 4.47 Å². The fourth-order valence-corrected chi connectivity index (χ4v) is 3.44. The van der Waals surface area contributed by atoms with Gasteiger partial charge in [0.1, 0.15) is 11.6 Å². The Labute approximate surface area is 154 Å². The monoisotopic (exact) mass is 434 g/mol. The Bertz CT molecular complexity index is 769. The first kappa shape index (κ1) is 20.0. The lowest BCUT2D eigenvalue weighted by Crippen LogP contribution is -2.44. The molecular weight excluding hydrogens is 416 g/mol. The van der Waals surface area contributed by atoms with E-state index in [-0.39, 0.29) is 15.1 Å². The van der Waals surface area contributed by atoms with E-state index in [4.69, 9.17) is 4.43 Å². The quantitative estimate of drug-likeness (QED) is 0.371. The normalized spacial score (nSPS) is 12.4. The fourth-order valence-electron chi connectivity index (χ4n) is 2.03. The van der Waals surface area contributed by atoms with Gasteiger partial charge in [0.15, 0.2) is 17.4 Å². The highest BCUT2D eigenvalue weighted by Crippen LogP contribution is 2.40. The maximum Gasteiger partial charge on any atom is 0.250 e. The Morgan fingerprint density at radius 1 is 0.840 bits per heavy atom. The van der Waals surface area contributed by atoms with Crippen LogP contribution in [-0.4, -0.2) is 8.32 Å². The van der Waals surface area contributed by atoms with Gasteiger partial charge >= 0.3 is 0 Å². The van der Waals surface area contributed by atoms with Crippen LogP contribution in [0.25, 0.3) is 11.1 Å². The van der Waals surface area contributed by atoms with Gasteiger partial charge < -0.3 is 4.43 Å². The zero-order valence-corrected chi connectivity index (χ0v) is 17.2. The molecule has 0 heterocycles. The largest absolute Gasteiger partial charge is 0.540 e. The lowest BCUT2D eigenvalue weighted by atomic mass is 10.0. The van der Waals surface area contributed by atoms with Crippen molar-refractivity contribution in [2.24, 2.45) is 0 Å². The topological polar surface area (TPSA) is 9.23 Å². The van der Waals surface area contributed by atoms with Crippen LogP contribution in [0.2, 0.25) is 18.1 Å². The van der Waals surface area contributed by atoms with E-state index in [1.807, 2.05) is 33.9 Å². The molecule has 0 fully saturated rings. The Kier molecular flexibility index (Phi) is 5.40. The first-order valence-electron chi connectivity index (χ1n) is 7.66. The van der Waals surface area contributed by atoms with Gasteiger partial charge in [-0.2, -0.15) is 0 Å². The number of benzene rings is 2. The zero-order valence-electron chi connectivity index (χ0n) is 14.6. The summed E-state index contributed by atoms with van der Waals surface area (Å²) in [6.45, 7) is 9.53. The predicted octanol–water partition coefficient (Wildman–Crippen LogP) is 7.06. The van der Waals surface area contributed by atoms with E-state index in [0.717, 1.165) is 24.3 Å². The first-order valence-corrected chi connectivity index (χ1v) is 11.4. The van der Waals surface area contributed by atoms with Gasteiger partial charge in [-0.25, -0.2) is 17.6 Å². The maximum atomic E-state index is 14.5. The third-order valence-electron chi connectivity index (χ3n) is 4.46. The molecule has 0 atom stereocenters. The van der Waals surface area contributed by atoms with E-state index in [1.165, 1.54) is 0 Å². The third-order valence-corrected chi connectivity index (χ3v) is 9.24. The first-order chi connectivity index (χ1) is 11.3. The van der Waals surface area contributed by atoms with E-state index in [0.29, 0.717) is 0 Å². The van der Waals surface area contributed by atoms with Gasteiger partial charge in [0.25, 0.3) is 8.32 Å². The van der Waals surface area contributed by atoms with Crippen LogP contribution in [0.15, 0.2) is 28.7 Å². The number of halogens is 5. The molecule has 2 aromatic carbocycles. The molecule has 2 rings (SSSR count). The number of hydrogen-bond acceptors (Lipinski definition) is 1. The van der Waals surface area contributed by atoms with Crippen molar-refractivity contribution in [3.63, 3.8) is 0 Å². The van der Waals surface area contributed by atoms with Crippen molar-refractivity contribution in [1.29, 1.82) is 0 Å². The van der Waals surface area contributed by atoms with Gasteiger partial charge in [-0.1, -0.05) is 36.7 Å². The number of rotatable bonds is 3. The Morgan fingerprint density at radius 2 is 1.28 bits per heavy atom. The molecule has 0 aliphatic rings. The van der Waals surface area contributed by atoms with Gasteiger partial charge in [0.05, 0.1) is 5.56 Å². The molecular formula is C18H19BrF4OSi. The van der Waals surface area contributed by atoms with E-state index in [9.17, 15) is 17.6 Å². The second-order valence-electron chi connectivity index (χ2n) is 7.38. The molecule has 0 saturated heterocycles. The average Bonchev–Trinajstić information content (AvgIpc) is 2.40. The molecule has 0 aliphatic heterocycles. The fraction of sp³-hybridized carbons (Fsp3) is 0.333. The molecule has 0 N–H and O–H groups in total. The van der Waals surface area contributed by atoms with Crippen LogP contribution in [0.5, 0.6) is 5.75 Å². The van der Waals surface area contributed by atoms with E-state index >= 15 is 0 Å². The molecule has 136 valence electrons. The van der Waals surface area contributed by atoms with Gasteiger partial charge in [-0.3, -0.25) is 0 Å². The van der Waals surface area contributed by atoms with Crippen LogP contribution < -0.4 is 4.43 Å². The number of hydrogen-bond donors (Lipinski definition) is 0. The summed E-state index contributed by atoms with van der Waals surface area (Å²) in [4.78, 5) is 0. The van der Waals surface area contributed by atoms with Crippen molar-refractivity contribution in [2.75, 3.05) is 0 Å². The summed E-state index contributed by atoms with van der Waals surface area (Å²) in [7, 11) is -2.47. The second kappa shape index (κ2) is 6.76. The highest BCUT2D eigenvalue weighted by molar-refractivity contribution is 9.10. The maximum absolute atomic E-state index is 14.5. The van der Waals surface area contributed by atoms with Crippen molar-refractivity contribution in [1.82, 2.24) is 0 Å². The zero-order chi connectivity index (χ0) is 19.2. The third kappa shape index (κ3) is 4.08. The molecule has 7 heteroatoms. The van der Waals surface area contributed by atoms with Crippen LogP contribution in [0, 0.1) is 23.3 Å². The minimum Gasteiger partial charge on any atom is -0.540 e. The Morgan fingerprint density at radius 3 is 1.68 bits per heavy atom. The second-order valence-corrected chi connectivity index (χ2v) is 13.0. The van der Waals surface area contributed by atoms with E-state index in [2.05, 4.69) is 15.9 Å². The molecule has 0 saturated carbocycles. The summed E-state index contributed by atoms with van der Waals surface area (Å²) in [6.07, 6.45) is 0. The standard InChI is InChI=1S/C18H19BrF4OSi/c1-18(2,3)25(4,5)24-17-14(22)6-10(7-15(17)23)16-12(20)8-11(19)9-13(16)21/h6-9H,1-5H3. The van der Waals surface area contributed by atoms with Crippen molar-refractivity contribution >= 4 is 24.2 Å². The Balaban J connectivity index is 2.52. The van der Waals surface area contributed by atoms with Crippen molar-refractivity contribution in [3.8, 4) is 16.9 Å². The molecule has 1 nitrogen and oxygen atoms in total. The minimum absolute atomic E-state index is 0.199. The summed E-state index contributed by atoms with van der Waals surface area (Å²) in [5.74, 6) is -4.30. The van der Waals surface area contributed by atoms with Crippen LogP contribution in [0.1, 0.15) is 20.8 Å². The molecule has 0 unspecified atom stereocenters. The molecule has 0 radical (unpaired) electrons. The highest BCUT2D eigenvalue weighted by Gasteiger charge is 2.40. The molecule has 0 amide bonds. The lowest BCUT2D eigenvalue weighted by molar-refractivity contribution is 0.424. The molecule has 0 spiro atoms. The molecule has 25 heavy (non-hydrogen) atoms. The summed E-state index contributed by atoms with van der Waals surface area (Å²) < 4.78 is 62.9. The van der Waals surface area contributed by atoms with Crippen LogP contribution in [-0.2, 0) is 0 Å². The highest BCUT2D eigenvalue weighted by atomic mass is 79.9. The average molecular weight is 435 g/mol. The van der Waals surface area contributed by atoms with Crippen LogP contribution >= 0.6 is 15.9 Å². The SMILES string of the molecule is CC(C)(C)[Si](C)(C)Oc1c(F)cc(-c2c(F)cc(Br)cc2F)cc1F. The van der Waals surface area contributed by atoms with Crippen molar-refractivity contribution < 1.29 is 22.0 Å². The predicted molar refractivity (Wildman–Crippen MR) is 97.2 cm³/mol. The summed E-state index contributed by atoms with van der Waals surface area (Å²) in [5, 5.41) is -0.255. The summed E-state index contributed by atoms with van der Waals surface area (Å²) >= 11 is 2.97.